The van der Waals surface area contributed by atoms with Crippen molar-refractivity contribution in [1.82, 2.24) is 4.90 Å². The summed E-state index contributed by atoms with van der Waals surface area (Å²) < 4.78 is 0. The van der Waals surface area contributed by atoms with E-state index in [1.165, 1.54) is 0 Å². The predicted molar refractivity (Wildman–Crippen MR) is 68.1 cm³/mol. The third kappa shape index (κ3) is 2.97. The highest BCUT2D eigenvalue weighted by Gasteiger charge is 2.52. The molecule has 1 saturated heterocycles. The summed E-state index contributed by atoms with van der Waals surface area (Å²) in [7, 11) is 1.91. The van der Waals surface area contributed by atoms with E-state index in [4.69, 9.17) is 0 Å². The van der Waals surface area contributed by atoms with Crippen LogP contribution >= 0.6 is 0 Å². The number of carboxylic acids is 1. The van der Waals surface area contributed by atoms with Gasteiger partial charge in [-0.05, 0) is 41.2 Å². The highest BCUT2D eigenvalue weighted by atomic mass is 16.9. The minimum absolute atomic E-state index is 0.197. The van der Waals surface area contributed by atoms with E-state index in [1.807, 2.05) is 34.7 Å². The van der Waals surface area contributed by atoms with E-state index < -0.39 is 28.4 Å². The maximum atomic E-state index is 11.4. The van der Waals surface area contributed by atoms with Gasteiger partial charge in [0.2, 0.25) is 0 Å². The third-order valence-corrected chi connectivity index (χ3v) is 4.56. The van der Waals surface area contributed by atoms with Crippen LogP contribution in [-0.4, -0.2) is 45.8 Å². The minimum Gasteiger partial charge on any atom is -0.481 e. The van der Waals surface area contributed by atoms with Crippen LogP contribution < -0.4 is 0 Å². The number of carbonyl (C=O) groups is 1. The highest BCUT2D eigenvalue weighted by molar-refractivity contribution is 5.71. The van der Waals surface area contributed by atoms with Crippen LogP contribution in [-0.2, 0) is 9.63 Å². The van der Waals surface area contributed by atoms with Crippen LogP contribution in [0.1, 0.15) is 34.1 Å². The van der Waals surface area contributed by atoms with E-state index in [1.54, 1.807) is 0 Å². The van der Waals surface area contributed by atoms with Gasteiger partial charge in [0, 0.05) is 17.0 Å². The number of rotatable bonds is 4. The fraction of sp³-hybridized carbons (Fsp3) is 0.917. The lowest BCUT2D eigenvalue weighted by Gasteiger charge is -2.56. The van der Waals surface area contributed by atoms with Crippen LogP contribution in [0, 0.1) is 22.0 Å². The summed E-state index contributed by atoms with van der Waals surface area (Å²) in [6.45, 7) is 7.57. The number of aliphatic carboxylic acids is 1. The van der Waals surface area contributed by atoms with Crippen LogP contribution in [0.3, 0.4) is 0 Å². The standard InChI is InChI=1S/C12H22N2O5/c1-11(2)6-8(10(15)16)9(7-19-14(17)18)12(3,4)13(11)5/h8-9H,6-7H2,1-5H3,(H,15,16). The summed E-state index contributed by atoms with van der Waals surface area (Å²) in [5, 5.41) is 18.9. The number of hydrogen-bond donors (Lipinski definition) is 1. The van der Waals surface area contributed by atoms with Crippen LogP contribution in [0.2, 0.25) is 0 Å². The molecule has 0 aromatic carbocycles. The van der Waals surface area contributed by atoms with Crippen molar-refractivity contribution in [2.45, 2.75) is 45.2 Å². The first-order valence-electron chi connectivity index (χ1n) is 6.24. The molecule has 19 heavy (non-hydrogen) atoms. The summed E-state index contributed by atoms with van der Waals surface area (Å²) >= 11 is 0. The molecule has 0 saturated carbocycles. The van der Waals surface area contributed by atoms with Crippen molar-refractivity contribution < 1.29 is 19.8 Å². The largest absolute Gasteiger partial charge is 0.481 e. The van der Waals surface area contributed by atoms with Crippen molar-refractivity contribution in [2.75, 3.05) is 13.7 Å². The van der Waals surface area contributed by atoms with Crippen molar-refractivity contribution in [3.05, 3.63) is 10.1 Å². The Morgan fingerprint density at radius 2 is 2.00 bits per heavy atom. The summed E-state index contributed by atoms with van der Waals surface area (Å²) in [5.41, 5.74) is -0.779. The average molecular weight is 274 g/mol. The van der Waals surface area contributed by atoms with Crippen molar-refractivity contribution in [3.63, 3.8) is 0 Å². The Balaban J connectivity index is 3.07. The van der Waals surface area contributed by atoms with Gasteiger partial charge in [-0.3, -0.25) is 9.69 Å². The molecule has 110 valence electrons. The second kappa shape index (κ2) is 4.96. The van der Waals surface area contributed by atoms with Gasteiger partial charge in [-0.1, -0.05) is 0 Å². The fourth-order valence-electron chi connectivity index (χ4n) is 3.06. The number of piperidine rings is 1. The molecule has 0 amide bonds. The second-order valence-electron chi connectivity index (χ2n) is 6.30. The average Bonchev–Trinajstić information content (AvgIpc) is 2.24. The molecule has 1 heterocycles. The van der Waals surface area contributed by atoms with Gasteiger partial charge in [0.1, 0.15) is 6.61 Å². The lowest BCUT2D eigenvalue weighted by molar-refractivity contribution is -0.760. The molecule has 0 aromatic heterocycles. The van der Waals surface area contributed by atoms with Gasteiger partial charge in [0.25, 0.3) is 5.09 Å². The van der Waals surface area contributed by atoms with E-state index in [0.29, 0.717) is 6.42 Å². The van der Waals surface area contributed by atoms with Crippen LogP contribution in [0.25, 0.3) is 0 Å². The SMILES string of the molecule is CN1C(C)(C)CC(C(=O)O)C(CO[N+](=O)[O-])C1(C)C. The lowest BCUT2D eigenvalue weighted by atomic mass is 9.66. The summed E-state index contributed by atoms with van der Waals surface area (Å²) in [4.78, 5) is 28.3. The van der Waals surface area contributed by atoms with Crippen molar-refractivity contribution >= 4 is 5.97 Å². The molecule has 7 nitrogen and oxygen atoms in total. The molecule has 0 aliphatic carbocycles. The van der Waals surface area contributed by atoms with E-state index in [9.17, 15) is 20.0 Å². The Morgan fingerprint density at radius 1 is 1.47 bits per heavy atom. The molecule has 0 spiro atoms. The van der Waals surface area contributed by atoms with Gasteiger partial charge in [-0.15, -0.1) is 10.1 Å². The molecule has 7 heteroatoms. The summed E-state index contributed by atoms with van der Waals surface area (Å²) in [5.74, 6) is -2.01. The van der Waals surface area contributed by atoms with Gasteiger partial charge in [0.15, 0.2) is 0 Å². The van der Waals surface area contributed by atoms with Crippen LogP contribution in [0.15, 0.2) is 0 Å². The lowest BCUT2D eigenvalue weighted by Crippen LogP contribution is -2.65. The molecule has 1 aliphatic rings. The molecule has 2 atom stereocenters. The Bertz CT molecular complexity index is 380. The van der Waals surface area contributed by atoms with Crippen LogP contribution in [0.5, 0.6) is 0 Å². The Morgan fingerprint density at radius 3 is 2.42 bits per heavy atom. The van der Waals surface area contributed by atoms with E-state index in [-0.39, 0.29) is 12.1 Å². The zero-order valence-corrected chi connectivity index (χ0v) is 12.0. The number of hydrogen-bond acceptors (Lipinski definition) is 5. The van der Waals surface area contributed by atoms with Gasteiger partial charge in [0.05, 0.1) is 5.92 Å². The first-order chi connectivity index (χ1) is 8.50. The van der Waals surface area contributed by atoms with Gasteiger partial charge < -0.3 is 9.94 Å². The number of carboxylic acid groups (broad SMARTS) is 1. The number of nitrogens with zero attached hydrogens (tertiary/aromatic N) is 2. The van der Waals surface area contributed by atoms with Crippen molar-refractivity contribution in [2.24, 2.45) is 11.8 Å². The quantitative estimate of drug-likeness (QED) is 0.615. The Kier molecular flexibility index (Phi) is 4.09. The second-order valence-corrected chi connectivity index (χ2v) is 6.30. The van der Waals surface area contributed by atoms with Gasteiger partial charge in [-0.25, -0.2) is 0 Å². The van der Waals surface area contributed by atoms with Gasteiger partial charge >= 0.3 is 5.97 Å². The molecule has 1 rings (SSSR count). The first-order valence-corrected chi connectivity index (χ1v) is 6.24. The highest BCUT2D eigenvalue weighted by Crippen LogP contribution is 2.44. The first kappa shape index (κ1) is 15.7. The monoisotopic (exact) mass is 274 g/mol. The number of likely N-dealkylation sites (tertiary alicyclic amines) is 1. The maximum Gasteiger partial charge on any atom is 0.306 e. The zero-order chi connectivity index (χ0) is 15.0. The van der Waals surface area contributed by atoms with Crippen LogP contribution in [0.4, 0.5) is 0 Å². The minimum atomic E-state index is -0.925. The smallest absolute Gasteiger partial charge is 0.306 e. The van der Waals surface area contributed by atoms with Gasteiger partial charge in [-0.2, -0.15) is 0 Å². The zero-order valence-electron chi connectivity index (χ0n) is 12.0. The molecule has 2 unspecified atom stereocenters. The third-order valence-electron chi connectivity index (χ3n) is 4.56. The molecule has 1 N–H and O–H groups in total. The maximum absolute atomic E-state index is 11.4. The molecular weight excluding hydrogens is 252 g/mol. The normalized spacial score (nSPS) is 29.7. The molecule has 1 aliphatic heterocycles. The predicted octanol–water partition coefficient (Wildman–Crippen LogP) is 1.40. The summed E-state index contributed by atoms with van der Waals surface area (Å²) in [6.07, 6.45) is 0.438. The van der Waals surface area contributed by atoms with E-state index >= 15 is 0 Å². The molecular formula is C12H22N2O5. The molecule has 0 aromatic rings. The molecule has 0 bridgehead atoms. The molecule has 1 fully saturated rings. The van der Waals surface area contributed by atoms with Crippen molar-refractivity contribution in [1.29, 1.82) is 0 Å². The van der Waals surface area contributed by atoms with Crippen molar-refractivity contribution in [3.8, 4) is 0 Å². The molecule has 0 radical (unpaired) electrons. The topological polar surface area (TPSA) is 92.9 Å². The Hall–Kier alpha value is -1.37. The van der Waals surface area contributed by atoms with E-state index in [0.717, 1.165) is 0 Å². The van der Waals surface area contributed by atoms with E-state index in [2.05, 4.69) is 9.74 Å². The Labute approximate surface area is 112 Å². The summed E-state index contributed by atoms with van der Waals surface area (Å²) in [6, 6.07) is 0. The fourth-order valence-corrected chi connectivity index (χ4v) is 3.06.